The highest BCUT2D eigenvalue weighted by Crippen LogP contribution is 2.19. The summed E-state index contributed by atoms with van der Waals surface area (Å²) in [5.74, 6) is 0.213. The molecule has 1 atom stereocenters. The minimum absolute atomic E-state index is 0.180. The van der Waals surface area contributed by atoms with E-state index in [1.165, 1.54) is 5.56 Å². The van der Waals surface area contributed by atoms with Gasteiger partial charge in [-0.15, -0.1) is 0 Å². The maximum atomic E-state index is 9.54. The predicted octanol–water partition coefficient (Wildman–Crippen LogP) is 4.00. The first-order valence-corrected chi connectivity index (χ1v) is 7.70. The van der Waals surface area contributed by atoms with Crippen LogP contribution in [-0.4, -0.2) is 16.7 Å². The summed E-state index contributed by atoms with van der Waals surface area (Å²) < 4.78 is 2.05. The average molecular weight is 385 g/mol. The third kappa shape index (κ3) is 4.71. The summed E-state index contributed by atoms with van der Waals surface area (Å²) in [5.41, 5.74) is 2.37. The largest absolute Gasteiger partial charge is 0.396 e. The molecular formula is C15H15Br2NO. The molecule has 19 heavy (non-hydrogen) atoms. The lowest BCUT2D eigenvalue weighted by atomic mass is 9.94. The van der Waals surface area contributed by atoms with Crippen molar-refractivity contribution in [2.24, 2.45) is 5.92 Å². The predicted molar refractivity (Wildman–Crippen MR) is 84.1 cm³/mol. The molecule has 1 heterocycles. The van der Waals surface area contributed by atoms with Gasteiger partial charge in [-0.1, -0.05) is 28.1 Å². The summed E-state index contributed by atoms with van der Waals surface area (Å²) in [6.45, 7) is 0.180. The molecule has 1 aromatic heterocycles. The lowest BCUT2D eigenvalue weighted by molar-refractivity contribution is 0.225. The maximum Gasteiger partial charge on any atom is 0.0465 e. The lowest BCUT2D eigenvalue weighted by Gasteiger charge is -2.14. The Balaban J connectivity index is 2.04. The van der Waals surface area contributed by atoms with Crippen LogP contribution in [0, 0.1) is 5.92 Å². The van der Waals surface area contributed by atoms with Crippen molar-refractivity contribution >= 4 is 31.9 Å². The van der Waals surface area contributed by atoms with Gasteiger partial charge in [-0.25, -0.2) is 0 Å². The van der Waals surface area contributed by atoms with Crippen molar-refractivity contribution in [3.8, 4) is 0 Å². The Kier molecular flexibility index (Phi) is 5.55. The Morgan fingerprint density at radius 2 is 1.74 bits per heavy atom. The highest BCUT2D eigenvalue weighted by Gasteiger charge is 2.10. The number of hydrogen-bond acceptors (Lipinski definition) is 2. The SMILES string of the molecule is OCC(Cc1cccc(Br)c1)Cc1cncc(Br)c1. The van der Waals surface area contributed by atoms with Crippen molar-refractivity contribution in [3.05, 3.63) is 62.8 Å². The molecule has 0 aliphatic carbocycles. The smallest absolute Gasteiger partial charge is 0.0465 e. The van der Waals surface area contributed by atoms with E-state index in [-0.39, 0.29) is 12.5 Å². The molecule has 0 spiro atoms. The van der Waals surface area contributed by atoms with E-state index in [0.29, 0.717) is 0 Å². The number of pyridine rings is 1. The Morgan fingerprint density at radius 1 is 1.00 bits per heavy atom. The van der Waals surface area contributed by atoms with Crippen LogP contribution < -0.4 is 0 Å². The monoisotopic (exact) mass is 383 g/mol. The summed E-state index contributed by atoms with van der Waals surface area (Å²) in [5, 5.41) is 9.54. The fourth-order valence-corrected chi connectivity index (χ4v) is 2.96. The van der Waals surface area contributed by atoms with Crippen molar-refractivity contribution in [1.29, 1.82) is 0 Å². The van der Waals surface area contributed by atoms with Crippen LogP contribution in [0.5, 0.6) is 0 Å². The Morgan fingerprint density at radius 3 is 2.42 bits per heavy atom. The quantitative estimate of drug-likeness (QED) is 0.844. The van der Waals surface area contributed by atoms with E-state index < -0.39 is 0 Å². The topological polar surface area (TPSA) is 33.1 Å². The molecule has 1 N–H and O–H groups in total. The van der Waals surface area contributed by atoms with Crippen LogP contribution >= 0.6 is 31.9 Å². The molecule has 1 unspecified atom stereocenters. The maximum absolute atomic E-state index is 9.54. The first kappa shape index (κ1) is 14.7. The van der Waals surface area contributed by atoms with E-state index in [0.717, 1.165) is 27.4 Å². The van der Waals surface area contributed by atoms with Crippen molar-refractivity contribution in [1.82, 2.24) is 4.98 Å². The summed E-state index contributed by atoms with van der Waals surface area (Å²) in [6.07, 6.45) is 5.32. The van der Waals surface area contributed by atoms with Crippen LogP contribution in [0.25, 0.3) is 0 Å². The molecule has 0 saturated heterocycles. The molecule has 2 rings (SSSR count). The van der Waals surface area contributed by atoms with Crippen molar-refractivity contribution in [3.63, 3.8) is 0 Å². The molecule has 2 nitrogen and oxygen atoms in total. The molecule has 0 fully saturated rings. The molecule has 0 aliphatic heterocycles. The van der Waals surface area contributed by atoms with Crippen LogP contribution in [0.1, 0.15) is 11.1 Å². The van der Waals surface area contributed by atoms with Crippen LogP contribution in [0.3, 0.4) is 0 Å². The molecule has 4 heteroatoms. The standard InChI is InChI=1S/C15H15Br2NO/c16-14-3-1-2-11(6-14)4-13(10-19)5-12-7-15(17)9-18-8-12/h1-3,6-9,13,19H,4-5,10H2. The van der Waals surface area contributed by atoms with Gasteiger partial charge in [0, 0.05) is 27.9 Å². The zero-order chi connectivity index (χ0) is 13.7. The van der Waals surface area contributed by atoms with Gasteiger partial charge >= 0.3 is 0 Å². The van der Waals surface area contributed by atoms with E-state index in [9.17, 15) is 5.11 Å². The number of aliphatic hydroxyl groups excluding tert-OH is 1. The van der Waals surface area contributed by atoms with E-state index in [1.807, 2.05) is 18.3 Å². The van der Waals surface area contributed by atoms with E-state index in [1.54, 1.807) is 6.20 Å². The second-order valence-corrected chi connectivity index (χ2v) is 6.43. The number of benzene rings is 1. The first-order chi connectivity index (χ1) is 9.17. The van der Waals surface area contributed by atoms with Crippen molar-refractivity contribution in [2.75, 3.05) is 6.61 Å². The zero-order valence-electron chi connectivity index (χ0n) is 10.4. The highest BCUT2D eigenvalue weighted by atomic mass is 79.9. The fraction of sp³-hybridized carbons (Fsp3) is 0.267. The number of aliphatic hydroxyl groups is 1. The van der Waals surface area contributed by atoms with Gasteiger partial charge in [0.25, 0.3) is 0 Å². The van der Waals surface area contributed by atoms with Crippen LogP contribution in [-0.2, 0) is 12.8 Å². The highest BCUT2D eigenvalue weighted by molar-refractivity contribution is 9.10. The summed E-state index contributed by atoms with van der Waals surface area (Å²) in [7, 11) is 0. The van der Waals surface area contributed by atoms with Gasteiger partial charge in [-0.2, -0.15) is 0 Å². The number of aromatic nitrogens is 1. The molecule has 0 amide bonds. The number of hydrogen-bond donors (Lipinski definition) is 1. The van der Waals surface area contributed by atoms with Gasteiger partial charge in [-0.3, -0.25) is 4.98 Å². The molecule has 0 bridgehead atoms. The number of nitrogens with zero attached hydrogens (tertiary/aromatic N) is 1. The van der Waals surface area contributed by atoms with Crippen molar-refractivity contribution < 1.29 is 5.11 Å². The van der Waals surface area contributed by atoms with Gasteiger partial charge in [0.15, 0.2) is 0 Å². The second kappa shape index (κ2) is 7.17. The van der Waals surface area contributed by atoms with Gasteiger partial charge in [-0.05, 0) is 64.0 Å². The van der Waals surface area contributed by atoms with Crippen molar-refractivity contribution in [2.45, 2.75) is 12.8 Å². The number of halogens is 2. The first-order valence-electron chi connectivity index (χ1n) is 6.12. The Bertz CT molecular complexity index is 498. The van der Waals surface area contributed by atoms with E-state index >= 15 is 0 Å². The van der Waals surface area contributed by atoms with Crippen LogP contribution in [0.2, 0.25) is 0 Å². The molecule has 2 aromatic rings. The minimum Gasteiger partial charge on any atom is -0.396 e. The minimum atomic E-state index is 0.180. The van der Waals surface area contributed by atoms with Crippen LogP contribution in [0.4, 0.5) is 0 Å². The summed E-state index contributed by atoms with van der Waals surface area (Å²) in [4.78, 5) is 4.16. The van der Waals surface area contributed by atoms with E-state index in [2.05, 4.69) is 55.0 Å². The molecule has 0 aliphatic rings. The third-order valence-corrected chi connectivity index (χ3v) is 3.88. The van der Waals surface area contributed by atoms with Gasteiger partial charge < -0.3 is 5.11 Å². The second-order valence-electron chi connectivity index (χ2n) is 4.60. The normalized spacial score (nSPS) is 12.4. The molecule has 0 radical (unpaired) electrons. The van der Waals surface area contributed by atoms with Gasteiger partial charge in [0.2, 0.25) is 0 Å². The number of rotatable bonds is 5. The third-order valence-electron chi connectivity index (χ3n) is 2.96. The Labute approximate surface area is 130 Å². The summed E-state index contributed by atoms with van der Waals surface area (Å²) in [6, 6.07) is 10.3. The average Bonchev–Trinajstić information content (AvgIpc) is 2.38. The zero-order valence-corrected chi connectivity index (χ0v) is 13.6. The Hall–Kier alpha value is -0.710. The van der Waals surface area contributed by atoms with Gasteiger partial charge in [0.05, 0.1) is 0 Å². The fourth-order valence-electron chi connectivity index (χ4n) is 2.10. The lowest BCUT2D eigenvalue weighted by Crippen LogP contribution is -2.13. The molecule has 100 valence electrons. The van der Waals surface area contributed by atoms with Gasteiger partial charge in [0.1, 0.15) is 0 Å². The molecular weight excluding hydrogens is 370 g/mol. The van der Waals surface area contributed by atoms with Crippen LogP contribution in [0.15, 0.2) is 51.7 Å². The molecule has 1 aromatic carbocycles. The molecule has 0 saturated carbocycles. The summed E-state index contributed by atoms with van der Waals surface area (Å²) >= 11 is 6.89. The van der Waals surface area contributed by atoms with E-state index in [4.69, 9.17) is 0 Å².